The van der Waals surface area contributed by atoms with Crippen molar-refractivity contribution in [2.45, 2.75) is 38.4 Å². The SMILES string of the molecule is CC(O)O.[Pd].c1ccc(C2[CH-]C3CCC2C3)cc1. The molecule has 3 unspecified atom stereocenters. The van der Waals surface area contributed by atoms with Crippen LogP contribution in [0, 0.1) is 18.3 Å². The maximum absolute atomic E-state index is 7.61. The van der Waals surface area contributed by atoms with Crippen LogP contribution in [0.4, 0.5) is 0 Å². The fourth-order valence-electron chi connectivity index (χ4n) is 3.06. The van der Waals surface area contributed by atoms with Crippen molar-refractivity contribution >= 4 is 0 Å². The fraction of sp³-hybridized carbons (Fsp3) is 0.533. The van der Waals surface area contributed by atoms with Gasteiger partial charge in [-0.15, -0.1) is 5.92 Å². The molecule has 0 heterocycles. The monoisotopic (exact) mass is 339 g/mol. The molecule has 0 spiro atoms. The summed E-state index contributed by atoms with van der Waals surface area (Å²) in [5, 5.41) is 15.2. The molecule has 0 saturated heterocycles. The molecular formula is C15H21O2Pd-. The summed E-state index contributed by atoms with van der Waals surface area (Å²) in [6.07, 6.45) is 5.79. The van der Waals surface area contributed by atoms with Crippen molar-refractivity contribution in [2.75, 3.05) is 0 Å². The van der Waals surface area contributed by atoms with Crippen LogP contribution in [0.2, 0.25) is 0 Å². The number of aliphatic hydroxyl groups excluding tert-OH is 1. The topological polar surface area (TPSA) is 40.5 Å². The van der Waals surface area contributed by atoms with Gasteiger partial charge in [-0.05, 0) is 6.92 Å². The first-order valence-corrected chi connectivity index (χ1v) is 6.43. The molecule has 2 fully saturated rings. The van der Waals surface area contributed by atoms with Gasteiger partial charge in [0, 0.05) is 20.4 Å². The zero-order valence-electron chi connectivity index (χ0n) is 10.6. The Kier molecular flexibility index (Phi) is 6.52. The van der Waals surface area contributed by atoms with Crippen LogP contribution in [0.5, 0.6) is 0 Å². The molecule has 0 amide bonds. The fourth-order valence-corrected chi connectivity index (χ4v) is 3.06. The summed E-state index contributed by atoms with van der Waals surface area (Å²) in [7, 11) is 0. The number of fused-ring (bicyclic) bond motifs is 2. The zero-order chi connectivity index (χ0) is 12.3. The smallest absolute Gasteiger partial charge is 0.148 e. The maximum Gasteiger partial charge on any atom is 0.148 e. The molecule has 3 heteroatoms. The van der Waals surface area contributed by atoms with Crippen molar-refractivity contribution in [1.29, 1.82) is 0 Å². The van der Waals surface area contributed by atoms with Crippen molar-refractivity contribution in [3.05, 3.63) is 42.3 Å². The molecule has 2 aliphatic rings. The van der Waals surface area contributed by atoms with E-state index < -0.39 is 6.29 Å². The van der Waals surface area contributed by atoms with Gasteiger partial charge in [0.25, 0.3) is 0 Å². The Hall–Kier alpha value is -0.198. The van der Waals surface area contributed by atoms with Gasteiger partial charge in [0.05, 0.1) is 0 Å². The average Bonchev–Trinajstić information content (AvgIpc) is 2.91. The van der Waals surface area contributed by atoms with Gasteiger partial charge in [0.1, 0.15) is 6.29 Å². The van der Waals surface area contributed by atoms with Gasteiger partial charge in [-0.1, -0.05) is 61.1 Å². The van der Waals surface area contributed by atoms with Gasteiger partial charge in [0.2, 0.25) is 0 Å². The first-order chi connectivity index (χ1) is 8.16. The van der Waals surface area contributed by atoms with Crippen molar-refractivity contribution in [3.8, 4) is 0 Å². The Morgan fingerprint density at radius 2 is 1.78 bits per heavy atom. The second-order valence-corrected chi connectivity index (χ2v) is 5.09. The molecule has 3 rings (SSSR count). The van der Waals surface area contributed by atoms with E-state index in [1.807, 2.05) is 0 Å². The molecule has 1 aromatic rings. The number of benzene rings is 1. The third-order valence-corrected chi connectivity index (χ3v) is 3.69. The number of aliphatic hydroxyl groups is 2. The summed E-state index contributed by atoms with van der Waals surface area (Å²) in [6, 6.07) is 11.0. The van der Waals surface area contributed by atoms with E-state index >= 15 is 0 Å². The average molecular weight is 340 g/mol. The van der Waals surface area contributed by atoms with Crippen LogP contribution in [0.25, 0.3) is 0 Å². The van der Waals surface area contributed by atoms with E-state index in [1.165, 1.54) is 31.7 Å². The molecule has 0 aliphatic heterocycles. The Balaban J connectivity index is 0.000000289. The summed E-state index contributed by atoms with van der Waals surface area (Å²) < 4.78 is 0. The zero-order valence-corrected chi connectivity index (χ0v) is 12.2. The van der Waals surface area contributed by atoms with E-state index in [4.69, 9.17) is 10.2 Å². The summed E-state index contributed by atoms with van der Waals surface area (Å²) in [6.45, 7) is 1.28. The quantitative estimate of drug-likeness (QED) is 0.469. The molecule has 0 radical (unpaired) electrons. The first-order valence-electron chi connectivity index (χ1n) is 6.43. The maximum atomic E-state index is 7.61. The first kappa shape index (κ1) is 15.9. The third kappa shape index (κ3) is 4.17. The minimum atomic E-state index is -1.17. The van der Waals surface area contributed by atoms with E-state index in [0.29, 0.717) is 0 Å². The molecular weight excluding hydrogens is 319 g/mol. The number of hydrogen-bond donors (Lipinski definition) is 2. The molecule has 2 saturated carbocycles. The van der Waals surface area contributed by atoms with Gasteiger partial charge < -0.3 is 16.6 Å². The standard InChI is InChI=1S/C13H15.C2H6O2.Pd/c1-2-4-11(5-3-1)13-9-10-6-7-12(13)8-10;1-2(3)4;/h1-5,9-10,12-13H,6-8H2;2-4H,1H3;/q-1;;. The van der Waals surface area contributed by atoms with Crippen LogP contribution in [0.15, 0.2) is 30.3 Å². The van der Waals surface area contributed by atoms with Crippen molar-refractivity contribution in [1.82, 2.24) is 0 Å². The second kappa shape index (κ2) is 7.41. The molecule has 18 heavy (non-hydrogen) atoms. The van der Waals surface area contributed by atoms with Crippen molar-refractivity contribution < 1.29 is 30.6 Å². The van der Waals surface area contributed by atoms with Crippen LogP contribution >= 0.6 is 0 Å². The van der Waals surface area contributed by atoms with Crippen molar-refractivity contribution in [3.63, 3.8) is 0 Å². The molecule has 2 bridgehead atoms. The van der Waals surface area contributed by atoms with Crippen LogP contribution in [-0.2, 0) is 20.4 Å². The molecule has 104 valence electrons. The Labute approximate surface area is 123 Å². The van der Waals surface area contributed by atoms with Gasteiger partial charge in [-0.3, -0.25) is 0 Å². The van der Waals surface area contributed by atoms with E-state index in [9.17, 15) is 0 Å². The van der Waals surface area contributed by atoms with Gasteiger partial charge in [0.15, 0.2) is 0 Å². The largest absolute Gasteiger partial charge is 0.368 e. The molecule has 2 nitrogen and oxygen atoms in total. The van der Waals surface area contributed by atoms with Crippen LogP contribution < -0.4 is 0 Å². The molecule has 2 N–H and O–H groups in total. The molecule has 2 aliphatic carbocycles. The third-order valence-electron chi connectivity index (χ3n) is 3.69. The molecule has 0 aromatic heterocycles. The summed E-state index contributed by atoms with van der Waals surface area (Å²) in [4.78, 5) is 0. The Morgan fingerprint density at radius 3 is 2.22 bits per heavy atom. The number of hydrogen-bond acceptors (Lipinski definition) is 2. The van der Waals surface area contributed by atoms with Gasteiger partial charge in [-0.2, -0.15) is 5.92 Å². The van der Waals surface area contributed by atoms with E-state index in [1.54, 1.807) is 0 Å². The minimum absolute atomic E-state index is 0. The summed E-state index contributed by atoms with van der Waals surface area (Å²) in [5.41, 5.74) is 1.54. The molecule has 3 atom stereocenters. The minimum Gasteiger partial charge on any atom is -0.368 e. The van der Waals surface area contributed by atoms with E-state index in [2.05, 4.69) is 36.8 Å². The molecule has 1 aromatic carbocycles. The van der Waals surface area contributed by atoms with E-state index in [-0.39, 0.29) is 20.4 Å². The number of rotatable bonds is 1. The summed E-state index contributed by atoms with van der Waals surface area (Å²) in [5.74, 6) is 2.68. The van der Waals surface area contributed by atoms with Gasteiger partial charge >= 0.3 is 0 Å². The Bertz CT molecular complexity index is 337. The van der Waals surface area contributed by atoms with Crippen molar-refractivity contribution in [2.24, 2.45) is 11.8 Å². The predicted molar refractivity (Wildman–Crippen MR) is 68.2 cm³/mol. The van der Waals surface area contributed by atoms with E-state index in [0.717, 1.165) is 17.8 Å². The Morgan fingerprint density at radius 1 is 1.17 bits per heavy atom. The van der Waals surface area contributed by atoms with Crippen LogP contribution in [-0.4, -0.2) is 16.5 Å². The normalized spacial score (nSPS) is 28.6. The van der Waals surface area contributed by atoms with Crippen LogP contribution in [0.3, 0.4) is 0 Å². The second-order valence-electron chi connectivity index (χ2n) is 5.09. The van der Waals surface area contributed by atoms with Gasteiger partial charge in [-0.25, -0.2) is 0 Å². The summed E-state index contributed by atoms with van der Waals surface area (Å²) >= 11 is 0. The predicted octanol–water partition coefficient (Wildman–Crippen LogP) is 2.72. The van der Waals surface area contributed by atoms with Crippen LogP contribution in [0.1, 0.15) is 37.7 Å².